The molecule has 0 aromatic heterocycles. The molecule has 38 heavy (non-hydrogen) atoms. The number of hydrogen-bond acceptors (Lipinski definition) is 8. The molecule has 0 saturated carbocycles. The van der Waals surface area contributed by atoms with E-state index >= 15 is 0 Å². The van der Waals surface area contributed by atoms with Crippen LogP contribution in [-0.4, -0.2) is 81.3 Å². The van der Waals surface area contributed by atoms with Crippen LogP contribution in [-0.2, 0) is 35.2 Å². The minimum absolute atomic E-state index is 0.00644. The Hall–Kier alpha value is -4.20. The molecule has 5 amide bonds. The summed E-state index contributed by atoms with van der Waals surface area (Å²) < 4.78 is 0. The van der Waals surface area contributed by atoms with Gasteiger partial charge in [0, 0.05) is 25.8 Å². The third-order valence-electron chi connectivity index (χ3n) is 6.16. The van der Waals surface area contributed by atoms with E-state index in [4.69, 9.17) is 17.2 Å². The number of aliphatic carboxylic acids is 1. The number of carbonyl (C=O) groups excluding carboxylic acids is 5. The van der Waals surface area contributed by atoms with E-state index in [1.165, 1.54) is 17.0 Å². The first-order valence-electron chi connectivity index (χ1n) is 12.1. The summed E-state index contributed by atoms with van der Waals surface area (Å²) in [6.45, 7) is 0.189. The first kappa shape index (κ1) is 30.0. The number of primary amides is 2. The zero-order chi connectivity index (χ0) is 28.4. The van der Waals surface area contributed by atoms with E-state index in [-0.39, 0.29) is 50.8 Å². The lowest BCUT2D eigenvalue weighted by Crippen LogP contribution is -2.57. The Bertz CT molecular complexity index is 1050. The Morgan fingerprint density at radius 3 is 2.08 bits per heavy atom. The number of amides is 5. The van der Waals surface area contributed by atoms with Crippen LogP contribution in [0.25, 0.3) is 0 Å². The van der Waals surface area contributed by atoms with Crippen molar-refractivity contribution in [1.29, 1.82) is 0 Å². The lowest BCUT2D eigenvalue weighted by atomic mass is 10.0. The molecule has 1 aromatic rings. The summed E-state index contributed by atoms with van der Waals surface area (Å²) in [6, 6.07) is 1.16. The molecule has 4 atom stereocenters. The van der Waals surface area contributed by atoms with Gasteiger partial charge < -0.3 is 42.9 Å². The largest absolute Gasteiger partial charge is 0.508 e. The molecule has 0 spiro atoms. The predicted molar refractivity (Wildman–Crippen MR) is 133 cm³/mol. The second-order valence-electron chi connectivity index (χ2n) is 9.14. The molecule has 1 fully saturated rings. The van der Waals surface area contributed by atoms with Crippen molar-refractivity contribution in [2.75, 3.05) is 6.54 Å². The zero-order valence-electron chi connectivity index (χ0n) is 20.8. The van der Waals surface area contributed by atoms with Gasteiger partial charge in [0.25, 0.3) is 0 Å². The molecule has 14 heteroatoms. The van der Waals surface area contributed by atoms with Gasteiger partial charge in [0.1, 0.15) is 23.9 Å². The molecule has 1 aromatic carbocycles. The van der Waals surface area contributed by atoms with Crippen LogP contribution in [0.4, 0.5) is 0 Å². The molecule has 0 aliphatic carbocycles. The quantitative estimate of drug-likeness (QED) is 0.137. The number of nitrogens with two attached hydrogens (primary N) is 3. The summed E-state index contributed by atoms with van der Waals surface area (Å²) in [5.41, 5.74) is 16.6. The minimum atomic E-state index is -1.31. The van der Waals surface area contributed by atoms with Gasteiger partial charge in [0.2, 0.25) is 29.5 Å². The molecule has 4 unspecified atom stereocenters. The number of nitrogens with one attached hydrogen (secondary N) is 2. The van der Waals surface area contributed by atoms with Crippen molar-refractivity contribution in [3.63, 3.8) is 0 Å². The number of phenolic OH excluding ortho intramolecular Hbond substituents is 1. The third kappa shape index (κ3) is 9.03. The number of rotatable bonds is 14. The highest BCUT2D eigenvalue weighted by molar-refractivity contribution is 5.94. The number of benzene rings is 1. The number of likely N-dealkylation sites (tertiary alicyclic amines) is 1. The van der Waals surface area contributed by atoms with Gasteiger partial charge in [-0.2, -0.15) is 0 Å². The van der Waals surface area contributed by atoms with Crippen LogP contribution in [0.1, 0.15) is 44.1 Å². The Morgan fingerprint density at radius 1 is 0.921 bits per heavy atom. The van der Waals surface area contributed by atoms with Crippen LogP contribution in [0.15, 0.2) is 24.3 Å². The molecular formula is C24H34N6O8. The maximum atomic E-state index is 13.4. The SMILES string of the molecule is NC(=O)CCC(N)C(=O)NC(CCC(N)=O)C(=O)NC(Cc1ccc(O)cc1)C(=O)N1CCCC1C(=O)O. The van der Waals surface area contributed by atoms with Crippen molar-refractivity contribution in [1.82, 2.24) is 15.5 Å². The van der Waals surface area contributed by atoms with E-state index in [0.29, 0.717) is 12.0 Å². The summed E-state index contributed by atoms with van der Waals surface area (Å²) in [5.74, 6) is -4.78. The lowest BCUT2D eigenvalue weighted by molar-refractivity contribution is -0.149. The highest BCUT2D eigenvalue weighted by Crippen LogP contribution is 2.20. The molecule has 14 nitrogen and oxygen atoms in total. The second-order valence-corrected chi connectivity index (χ2v) is 9.14. The number of aromatic hydroxyl groups is 1. The minimum Gasteiger partial charge on any atom is -0.508 e. The Kier molecular flexibility index (Phi) is 11.0. The van der Waals surface area contributed by atoms with Gasteiger partial charge in [-0.05, 0) is 43.4 Å². The maximum absolute atomic E-state index is 13.4. The van der Waals surface area contributed by atoms with Crippen molar-refractivity contribution in [3.8, 4) is 5.75 Å². The number of carboxylic acid groups (broad SMARTS) is 1. The molecular weight excluding hydrogens is 500 g/mol. The molecule has 1 aliphatic rings. The molecule has 10 N–H and O–H groups in total. The number of carbonyl (C=O) groups is 6. The van der Waals surface area contributed by atoms with E-state index in [0.717, 1.165) is 0 Å². The Labute approximate surface area is 218 Å². The standard InChI is InChI=1S/C24H34N6O8/c25-15(7-9-19(26)32)21(34)28-16(8-10-20(27)33)22(35)29-17(12-13-3-5-14(31)6-4-13)23(36)30-11-1-2-18(30)24(37)38/h3-6,15-18,31H,1-2,7-12,25H2,(H2,26,32)(H2,27,33)(H,28,34)(H,29,35)(H,37,38). The van der Waals surface area contributed by atoms with E-state index in [9.17, 15) is 39.0 Å². The average Bonchev–Trinajstić information content (AvgIpc) is 3.35. The zero-order valence-corrected chi connectivity index (χ0v) is 20.8. The molecule has 1 aliphatic heterocycles. The van der Waals surface area contributed by atoms with Crippen LogP contribution in [0, 0.1) is 0 Å². The van der Waals surface area contributed by atoms with Gasteiger partial charge in [-0.25, -0.2) is 4.79 Å². The molecule has 0 radical (unpaired) electrons. The molecule has 0 bridgehead atoms. The Morgan fingerprint density at radius 2 is 1.50 bits per heavy atom. The fourth-order valence-electron chi connectivity index (χ4n) is 4.09. The van der Waals surface area contributed by atoms with Gasteiger partial charge in [-0.15, -0.1) is 0 Å². The summed E-state index contributed by atoms with van der Waals surface area (Å²) in [4.78, 5) is 74.4. The number of phenols is 1. The van der Waals surface area contributed by atoms with E-state index in [2.05, 4.69) is 10.6 Å². The van der Waals surface area contributed by atoms with Gasteiger partial charge >= 0.3 is 5.97 Å². The number of hydrogen-bond donors (Lipinski definition) is 7. The molecule has 1 heterocycles. The van der Waals surface area contributed by atoms with Crippen LogP contribution in [0.3, 0.4) is 0 Å². The fraction of sp³-hybridized carbons (Fsp3) is 0.500. The highest BCUT2D eigenvalue weighted by Gasteiger charge is 2.38. The summed E-state index contributed by atoms with van der Waals surface area (Å²) in [7, 11) is 0. The topological polar surface area (TPSA) is 248 Å². The summed E-state index contributed by atoms with van der Waals surface area (Å²) >= 11 is 0. The first-order chi connectivity index (χ1) is 17.9. The van der Waals surface area contributed by atoms with Crippen LogP contribution in [0.2, 0.25) is 0 Å². The van der Waals surface area contributed by atoms with Gasteiger partial charge in [-0.3, -0.25) is 24.0 Å². The highest BCUT2D eigenvalue weighted by atomic mass is 16.4. The van der Waals surface area contributed by atoms with Crippen LogP contribution >= 0.6 is 0 Å². The lowest BCUT2D eigenvalue weighted by Gasteiger charge is -2.29. The van der Waals surface area contributed by atoms with E-state index < -0.39 is 59.7 Å². The normalized spacial score (nSPS) is 17.2. The monoisotopic (exact) mass is 534 g/mol. The first-order valence-corrected chi connectivity index (χ1v) is 12.1. The van der Waals surface area contributed by atoms with Crippen LogP contribution in [0.5, 0.6) is 5.75 Å². The van der Waals surface area contributed by atoms with E-state index in [1.54, 1.807) is 12.1 Å². The smallest absolute Gasteiger partial charge is 0.326 e. The molecule has 2 rings (SSSR count). The van der Waals surface area contributed by atoms with Crippen LogP contribution < -0.4 is 27.8 Å². The van der Waals surface area contributed by atoms with E-state index in [1.807, 2.05) is 0 Å². The van der Waals surface area contributed by atoms with Crippen molar-refractivity contribution in [2.45, 2.75) is 69.1 Å². The number of carboxylic acids is 1. The summed E-state index contributed by atoms with van der Waals surface area (Å²) in [6.07, 6.45) is 0.0118. The number of nitrogens with zero attached hydrogens (tertiary/aromatic N) is 1. The molecule has 1 saturated heterocycles. The average molecular weight is 535 g/mol. The van der Waals surface area contributed by atoms with Gasteiger partial charge in [0.15, 0.2) is 0 Å². The fourth-order valence-corrected chi connectivity index (χ4v) is 4.09. The van der Waals surface area contributed by atoms with Crippen molar-refractivity contribution >= 4 is 35.5 Å². The van der Waals surface area contributed by atoms with Crippen molar-refractivity contribution in [2.24, 2.45) is 17.2 Å². The third-order valence-corrected chi connectivity index (χ3v) is 6.16. The molecule has 208 valence electrons. The van der Waals surface area contributed by atoms with Gasteiger partial charge in [0.05, 0.1) is 6.04 Å². The Balaban J connectivity index is 2.26. The second kappa shape index (κ2) is 13.9. The van der Waals surface area contributed by atoms with Crippen molar-refractivity contribution in [3.05, 3.63) is 29.8 Å². The predicted octanol–water partition coefficient (Wildman–Crippen LogP) is -2.16. The van der Waals surface area contributed by atoms with Crippen molar-refractivity contribution < 1.29 is 39.0 Å². The maximum Gasteiger partial charge on any atom is 0.326 e. The summed E-state index contributed by atoms with van der Waals surface area (Å²) in [5, 5.41) is 24.1. The van der Waals surface area contributed by atoms with Gasteiger partial charge in [-0.1, -0.05) is 12.1 Å².